The lowest BCUT2D eigenvalue weighted by Gasteiger charge is -2.15. The SMILES string of the molecule is Cc1nc2ccc(N3CC[C@H](F)C3)nn2c1C(=O)O. The number of fused-ring (bicyclic) bond motifs is 1. The van der Waals surface area contributed by atoms with Gasteiger partial charge in [-0.2, -0.15) is 0 Å². The standard InChI is InChI=1S/C12H13FN4O2/c1-7-11(12(18)19)17-9(14-7)2-3-10(15-17)16-5-4-8(13)6-16/h2-3,8H,4-6H2,1H3,(H,18,19)/t8-/m0/s1. The van der Waals surface area contributed by atoms with E-state index in [1.165, 1.54) is 4.52 Å². The summed E-state index contributed by atoms with van der Waals surface area (Å²) in [5.41, 5.74) is 0.949. The number of halogens is 1. The minimum atomic E-state index is -1.07. The summed E-state index contributed by atoms with van der Waals surface area (Å²) in [6.45, 7) is 2.52. The first-order chi connectivity index (χ1) is 9.06. The van der Waals surface area contributed by atoms with Gasteiger partial charge < -0.3 is 10.0 Å². The molecule has 0 saturated carbocycles. The lowest BCUT2D eigenvalue weighted by atomic mass is 10.3. The fourth-order valence-corrected chi connectivity index (χ4v) is 2.37. The Morgan fingerprint density at radius 1 is 1.53 bits per heavy atom. The summed E-state index contributed by atoms with van der Waals surface area (Å²) >= 11 is 0. The van der Waals surface area contributed by atoms with Crippen molar-refractivity contribution in [2.45, 2.75) is 19.5 Å². The number of imidazole rings is 1. The molecule has 0 aromatic carbocycles. The molecule has 1 fully saturated rings. The third kappa shape index (κ3) is 1.91. The zero-order valence-electron chi connectivity index (χ0n) is 10.4. The molecule has 3 rings (SSSR count). The Bertz CT molecular complexity index is 654. The van der Waals surface area contributed by atoms with E-state index in [1.54, 1.807) is 19.1 Å². The van der Waals surface area contributed by atoms with Crippen LogP contribution in [0, 0.1) is 6.92 Å². The Balaban J connectivity index is 2.09. The van der Waals surface area contributed by atoms with Crippen molar-refractivity contribution >= 4 is 17.4 Å². The van der Waals surface area contributed by atoms with Gasteiger partial charge in [0.25, 0.3) is 0 Å². The van der Waals surface area contributed by atoms with Crippen LogP contribution in [-0.2, 0) is 0 Å². The Hall–Kier alpha value is -2.18. The van der Waals surface area contributed by atoms with Crippen molar-refractivity contribution in [3.63, 3.8) is 0 Å². The van der Waals surface area contributed by atoms with E-state index in [4.69, 9.17) is 0 Å². The first kappa shape index (κ1) is 11.9. The summed E-state index contributed by atoms with van der Waals surface area (Å²) in [5.74, 6) is -0.494. The average Bonchev–Trinajstić information content (AvgIpc) is 2.90. The molecular weight excluding hydrogens is 251 g/mol. The molecule has 1 aliphatic rings. The smallest absolute Gasteiger partial charge is 0.356 e. The monoisotopic (exact) mass is 264 g/mol. The van der Waals surface area contributed by atoms with Gasteiger partial charge in [0.2, 0.25) is 0 Å². The second-order valence-corrected chi connectivity index (χ2v) is 4.64. The van der Waals surface area contributed by atoms with Crippen molar-refractivity contribution in [2.75, 3.05) is 18.0 Å². The van der Waals surface area contributed by atoms with Crippen molar-refractivity contribution in [1.29, 1.82) is 0 Å². The molecule has 0 unspecified atom stereocenters. The van der Waals surface area contributed by atoms with Gasteiger partial charge in [-0.3, -0.25) is 0 Å². The van der Waals surface area contributed by atoms with Crippen LogP contribution in [0.1, 0.15) is 22.6 Å². The number of rotatable bonds is 2. The molecule has 1 atom stereocenters. The van der Waals surface area contributed by atoms with Gasteiger partial charge in [-0.15, -0.1) is 5.10 Å². The number of nitrogens with zero attached hydrogens (tertiary/aromatic N) is 4. The van der Waals surface area contributed by atoms with Crippen molar-refractivity contribution in [1.82, 2.24) is 14.6 Å². The highest BCUT2D eigenvalue weighted by atomic mass is 19.1. The molecule has 2 aromatic heterocycles. The normalized spacial score (nSPS) is 19.3. The third-order valence-corrected chi connectivity index (χ3v) is 3.30. The van der Waals surface area contributed by atoms with Gasteiger partial charge in [0.15, 0.2) is 11.3 Å². The van der Waals surface area contributed by atoms with Crippen LogP contribution in [0.15, 0.2) is 12.1 Å². The molecule has 6 nitrogen and oxygen atoms in total. The maximum absolute atomic E-state index is 13.2. The number of anilines is 1. The van der Waals surface area contributed by atoms with Crippen LogP contribution in [0.3, 0.4) is 0 Å². The number of hydrogen-bond donors (Lipinski definition) is 1. The Morgan fingerprint density at radius 3 is 2.95 bits per heavy atom. The van der Waals surface area contributed by atoms with E-state index in [0.29, 0.717) is 36.7 Å². The second-order valence-electron chi connectivity index (χ2n) is 4.64. The van der Waals surface area contributed by atoms with E-state index in [0.717, 1.165) is 0 Å². The van der Waals surface area contributed by atoms with Crippen LogP contribution in [0.25, 0.3) is 5.65 Å². The van der Waals surface area contributed by atoms with E-state index < -0.39 is 12.1 Å². The maximum atomic E-state index is 13.2. The van der Waals surface area contributed by atoms with E-state index in [9.17, 15) is 14.3 Å². The number of carboxylic acids is 1. The zero-order chi connectivity index (χ0) is 13.6. The van der Waals surface area contributed by atoms with Gasteiger partial charge >= 0.3 is 5.97 Å². The molecule has 3 heterocycles. The number of alkyl halides is 1. The highest BCUT2D eigenvalue weighted by Crippen LogP contribution is 2.21. The molecule has 1 saturated heterocycles. The average molecular weight is 264 g/mol. The fourth-order valence-electron chi connectivity index (χ4n) is 2.37. The molecule has 0 radical (unpaired) electrons. The van der Waals surface area contributed by atoms with Gasteiger partial charge in [0.1, 0.15) is 12.0 Å². The topological polar surface area (TPSA) is 70.7 Å². The highest BCUT2D eigenvalue weighted by molar-refractivity contribution is 5.88. The van der Waals surface area contributed by atoms with E-state index in [-0.39, 0.29) is 5.69 Å². The van der Waals surface area contributed by atoms with E-state index in [1.807, 2.05) is 4.90 Å². The lowest BCUT2D eigenvalue weighted by Crippen LogP contribution is -2.22. The van der Waals surface area contributed by atoms with Crippen LogP contribution < -0.4 is 4.90 Å². The zero-order valence-corrected chi connectivity index (χ0v) is 10.4. The Labute approximate surface area is 108 Å². The molecule has 0 spiro atoms. The number of aromatic carboxylic acids is 1. The summed E-state index contributed by atoms with van der Waals surface area (Å²) in [6.07, 6.45) is -0.366. The quantitative estimate of drug-likeness (QED) is 0.884. The predicted molar refractivity (Wildman–Crippen MR) is 66.4 cm³/mol. The van der Waals surface area contributed by atoms with Crippen LogP contribution >= 0.6 is 0 Å². The molecule has 0 amide bonds. The Morgan fingerprint density at radius 2 is 2.32 bits per heavy atom. The van der Waals surface area contributed by atoms with Gasteiger partial charge in [-0.1, -0.05) is 0 Å². The first-order valence-corrected chi connectivity index (χ1v) is 6.05. The summed E-state index contributed by atoms with van der Waals surface area (Å²) in [6, 6.07) is 3.44. The highest BCUT2D eigenvalue weighted by Gasteiger charge is 2.24. The van der Waals surface area contributed by atoms with Crippen LogP contribution in [0.5, 0.6) is 0 Å². The second kappa shape index (κ2) is 4.18. The van der Waals surface area contributed by atoms with Crippen LogP contribution in [-0.4, -0.2) is 44.9 Å². The number of aryl methyl sites for hydroxylation is 1. The van der Waals surface area contributed by atoms with Crippen molar-refractivity contribution in [2.24, 2.45) is 0 Å². The van der Waals surface area contributed by atoms with Gasteiger partial charge in [-0.25, -0.2) is 18.7 Å². The minimum Gasteiger partial charge on any atom is -0.476 e. The maximum Gasteiger partial charge on any atom is 0.356 e. The van der Waals surface area contributed by atoms with Crippen LogP contribution in [0.2, 0.25) is 0 Å². The molecule has 7 heteroatoms. The van der Waals surface area contributed by atoms with Gasteiger partial charge in [-0.05, 0) is 25.5 Å². The van der Waals surface area contributed by atoms with Crippen molar-refractivity contribution in [3.8, 4) is 0 Å². The number of carboxylic acid groups (broad SMARTS) is 1. The number of aromatic nitrogens is 3. The summed E-state index contributed by atoms with van der Waals surface area (Å²) in [5, 5.41) is 13.4. The van der Waals surface area contributed by atoms with Gasteiger partial charge in [0, 0.05) is 6.54 Å². The van der Waals surface area contributed by atoms with Gasteiger partial charge in [0.05, 0.1) is 12.2 Å². The van der Waals surface area contributed by atoms with Crippen molar-refractivity contribution < 1.29 is 14.3 Å². The molecule has 1 aliphatic heterocycles. The third-order valence-electron chi connectivity index (χ3n) is 3.30. The van der Waals surface area contributed by atoms with E-state index in [2.05, 4.69) is 10.1 Å². The molecule has 19 heavy (non-hydrogen) atoms. The van der Waals surface area contributed by atoms with E-state index >= 15 is 0 Å². The largest absolute Gasteiger partial charge is 0.476 e. The van der Waals surface area contributed by atoms with Crippen molar-refractivity contribution in [3.05, 3.63) is 23.5 Å². The lowest BCUT2D eigenvalue weighted by molar-refractivity contribution is 0.0687. The number of carbonyl (C=O) groups is 1. The molecule has 0 aliphatic carbocycles. The molecule has 0 bridgehead atoms. The predicted octanol–water partition coefficient (Wildman–Crippen LogP) is 1.28. The molecular formula is C12H13FN4O2. The Kier molecular flexibility index (Phi) is 2.62. The first-order valence-electron chi connectivity index (χ1n) is 6.05. The molecule has 100 valence electrons. The molecule has 2 aromatic rings. The van der Waals surface area contributed by atoms with Crippen LogP contribution in [0.4, 0.5) is 10.2 Å². The summed E-state index contributed by atoms with van der Waals surface area (Å²) < 4.78 is 14.5. The molecule has 1 N–H and O–H groups in total. The fraction of sp³-hybridized carbons (Fsp3) is 0.417. The summed E-state index contributed by atoms with van der Waals surface area (Å²) in [4.78, 5) is 17.2. The summed E-state index contributed by atoms with van der Waals surface area (Å²) in [7, 11) is 0. The number of hydrogen-bond acceptors (Lipinski definition) is 4. The minimum absolute atomic E-state index is 0.0489.